The van der Waals surface area contributed by atoms with Crippen LogP contribution >= 0.6 is 0 Å². The van der Waals surface area contributed by atoms with Crippen molar-refractivity contribution in [2.45, 2.75) is 25.5 Å². The van der Waals surface area contributed by atoms with Crippen molar-refractivity contribution in [1.82, 2.24) is 0 Å². The fourth-order valence-electron chi connectivity index (χ4n) is 3.81. The van der Waals surface area contributed by atoms with Gasteiger partial charge in [0.2, 0.25) is 0 Å². The number of carbonyl (C=O) groups is 1. The third kappa shape index (κ3) is 1.12. The zero-order valence-corrected chi connectivity index (χ0v) is 8.89. The minimum Gasteiger partial charge on any atom is -0.465 e. The Kier molecular flexibility index (Phi) is 2.04. The molecule has 2 bridgehead atoms. The molecule has 3 aliphatic rings. The van der Waals surface area contributed by atoms with E-state index in [0.29, 0.717) is 31.0 Å². The molecule has 0 spiro atoms. The van der Waals surface area contributed by atoms with Crippen molar-refractivity contribution in [3.63, 3.8) is 0 Å². The predicted octanol–water partition coefficient (Wildman–Crippen LogP) is 0.158. The van der Waals surface area contributed by atoms with E-state index >= 15 is 0 Å². The van der Waals surface area contributed by atoms with Crippen LogP contribution in [0.25, 0.3) is 0 Å². The summed E-state index contributed by atoms with van der Waals surface area (Å²) in [4.78, 5) is 11.6. The molecule has 1 heterocycles. The molecule has 0 aromatic rings. The van der Waals surface area contributed by atoms with E-state index in [1.54, 1.807) is 0 Å². The number of nitrogens with two attached hydrogens (primary N) is 1. The normalized spacial score (nSPS) is 52.0. The first-order chi connectivity index (χ1) is 7.24. The van der Waals surface area contributed by atoms with Crippen molar-refractivity contribution in [3.05, 3.63) is 0 Å². The topological polar surface area (TPSA) is 61.5 Å². The van der Waals surface area contributed by atoms with Gasteiger partial charge in [-0.2, -0.15) is 0 Å². The molecule has 4 heteroatoms. The van der Waals surface area contributed by atoms with Gasteiger partial charge in [0, 0.05) is 24.5 Å². The average Bonchev–Trinajstić information content (AvgIpc) is 2.82. The van der Waals surface area contributed by atoms with Crippen LogP contribution in [0.2, 0.25) is 0 Å². The van der Waals surface area contributed by atoms with Crippen molar-refractivity contribution in [2.75, 3.05) is 13.2 Å². The van der Waals surface area contributed by atoms with Gasteiger partial charge in [0.15, 0.2) is 0 Å². The van der Waals surface area contributed by atoms with E-state index in [2.05, 4.69) is 0 Å². The molecule has 6 unspecified atom stereocenters. The van der Waals surface area contributed by atoms with Crippen LogP contribution in [0.3, 0.4) is 0 Å². The van der Waals surface area contributed by atoms with Crippen LogP contribution < -0.4 is 5.73 Å². The third-order valence-electron chi connectivity index (χ3n) is 4.36. The van der Waals surface area contributed by atoms with E-state index in [4.69, 9.17) is 15.2 Å². The van der Waals surface area contributed by atoms with Gasteiger partial charge in [-0.3, -0.25) is 4.79 Å². The smallest absolute Gasteiger partial charge is 0.309 e. The molecule has 3 rings (SSSR count). The van der Waals surface area contributed by atoms with Crippen LogP contribution in [-0.4, -0.2) is 31.3 Å². The molecule has 1 saturated heterocycles. The summed E-state index contributed by atoms with van der Waals surface area (Å²) in [6, 6.07) is 0.102. The summed E-state index contributed by atoms with van der Waals surface area (Å²) >= 11 is 0. The van der Waals surface area contributed by atoms with Gasteiger partial charge in [0.05, 0.1) is 18.6 Å². The second-order valence-corrected chi connectivity index (χ2v) is 4.88. The van der Waals surface area contributed by atoms with Crippen LogP contribution in [0.4, 0.5) is 0 Å². The molecule has 4 nitrogen and oxygen atoms in total. The van der Waals surface area contributed by atoms with Crippen LogP contribution in [0.15, 0.2) is 0 Å². The van der Waals surface area contributed by atoms with Gasteiger partial charge in [0.25, 0.3) is 0 Å². The number of carbonyl (C=O) groups excluding carboxylic acids is 1. The Labute approximate surface area is 89.1 Å². The van der Waals surface area contributed by atoms with Crippen molar-refractivity contribution >= 4 is 5.97 Å². The maximum absolute atomic E-state index is 11.6. The Balaban J connectivity index is 1.85. The number of cyclic esters (lactones) is 1. The summed E-state index contributed by atoms with van der Waals surface area (Å²) in [5.41, 5.74) is 6.16. The summed E-state index contributed by atoms with van der Waals surface area (Å²) in [6.45, 7) is 3.23. The summed E-state index contributed by atoms with van der Waals surface area (Å²) in [6.07, 6.45) is 1.13. The van der Waals surface area contributed by atoms with Gasteiger partial charge in [-0.1, -0.05) is 0 Å². The zero-order valence-electron chi connectivity index (χ0n) is 8.89. The highest BCUT2D eigenvalue weighted by Crippen LogP contribution is 2.55. The maximum atomic E-state index is 11.6. The lowest BCUT2D eigenvalue weighted by Crippen LogP contribution is -2.48. The molecule has 3 fully saturated rings. The van der Waals surface area contributed by atoms with Gasteiger partial charge in [-0.15, -0.1) is 0 Å². The predicted molar refractivity (Wildman–Crippen MR) is 52.9 cm³/mol. The molecule has 0 aromatic carbocycles. The fourth-order valence-corrected chi connectivity index (χ4v) is 3.81. The number of hydrogen-bond donors (Lipinski definition) is 1. The van der Waals surface area contributed by atoms with E-state index in [9.17, 15) is 4.79 Å². The molecule has 15 heavy (non-hydrogen) atoms. The summed E-state index contributed by atoms with van der Waals surface area (Å²) in [5.74, 6) is 1.16. The molecule has 0 amide bonds. The fraction of sp³-hybridized carbons (Fsp3) is 0.909. The molecular weight excluding hydrogens is 194 g/mol. The molecule has 0 aromatic heterocycles. The van der Waals surface area contributed by atoms with Gasteiger partial charge >= 0.3 is 5.97 Å². The first kappa shape index (κ1) is 9.60. The van der Waals surface area contributed by atoms with Crippen LogP contribution in [-0.2, 0) is 14.3 Å². The second kappa shape index (κ2) is 3.19. The molecule has 6 atom stereocenters. The molecular formula is C11H17NO3. The largest absolute Gasteiger partial charge is 0.465 e. The minimum absolute atomic E-state index is 0.0240. The summed E-state index contributed by atoms with van der Waals surface area (Å²) < 4.78 is 10.8. The highest BCUT2D eigenvalue weighted by molar-refractivity contribution is 5.76. The number of rotatable bonds is 2. The first-order valence-electron chi connectivity index (χ1n) is 5.78. The standard InChI is InChI=1S/C11H17NO3/c1-2-14-10-6-3-5(9(10)12)7-4-15-11(13)8(6)7/h5-10H,2-4,12H2,1H3. The SMILES string of the molecule is CCOC1C(N)C2CC1C1C(=O)OCC21. The maximum Gasteiger partial charge on any atom is 0.309 e. The van der Waals surface area contributed by atoms with Gasteiger partial charge in [-0.25, -0.2) is 0 Å². The van der Waals surface area contributed by atoms with Gasteiger partial charge < -0.3 is 15.2 Å². The Morgan fingerprint density at radius 3 is 3.00 bits per heavy atom. The van der Waals surface area contributed by atoms with E-state index in [1.807, 2.05) is 6.92 Å². The Morgan fingerprint density at radius 2 is 2.27 bits per heavy atom. The number of ether oxygens (including phenoxy) is 2. The molecule has 0 radical (unpaired) electrons. The van der Waals surface area contributed by atoms with E-state index < -0.39 is 0 Å². The van der Waals surface area contributed by atoms with Gasteiger partial charge in [0.1, 0.15) is 0 Å². The molecule has 2 saturated carbocycles. The van der Waals surface area contributed by atoms with Crippen LogP contribution in [0.5, 0.6) is 0 Å². The van der Waals surface area contributed by atoms with Crippen LogP contribution in [0, 0.1) is 23.7 Å². The van der Waals surface area contributed by atoms with E-state index in [-0.39, 0.29) is 24.0 Å². The zero-order chi connectivity index (χ0) is 10.6. The van der Waals surface area contributed by atoms with Crippen molar-refractivity contribution in [1.29, 1.82) is 0 Å². The summed E-state index contributed by atoms with van der Waals surface area (Å²) in [7, 11) is 0. The molecule has 2 aliphatic carbocycles. The van der Waals surface area contributed by atoms with Crippen molar-refractivity contribution < 1.29 is 14.3 Å². The Morgan fingerprint density at radius 1 is 1.47 bits per heavy atom. The Hall–Kier alpha value is -0.610. The highest BCUT2D eigenvalue weighted by atomic mass is 16.5. The monoisotopic (exact) mass is 211 g/mol. The van der Waals surface area contributed by atoms with Crippen molar-refractivity contribution in [3.8, 4) is 0 Å². The minimum atomic E-state index is -0.0240. The number of esters is 1. The third-order valence-corrected chi connectivity index (χ3v) is 4.36. The lowest BCUT2D eigenvalue weighted by Gasteiger charge is -2.33. The first-order valence-corrected chi connectivity index (χ1v) is 5.78. The summed E-state index contributed by atoms with van der Waals surface area (Å²) in [5, 5.41) is 0. The highest BCUT2D eigenvalue weighted by Gasteiger charge is 2.62. The molecule has 1 aliphatic heterocycles. The van der Waals surface area contributed by atoms with Crippen molar-refractivity contribution in [2.24, 2.45) is 29.4 Å². The number of fused-ring (bicyclic) bond motifs is 5. The molecule has 84 valence electrons. The number of hydrogen-bond acceptors (Lipinski definition) is 4. The average molecular weight is 211 g/mol. The van der Waals surface area contributed by atoms with E-state index in [1.165, 1.54) is 0 Å². The van der Waals surface area contributed by atoms with E-state index in [0.717, 1.165) is 6.42 Å². The Bertz CT molecular complexity index is 294. The van der Waals surface area contributed by atoms with Crippen LogP contribution in [0.1, 0.15) is 13.3 Å². The van der Waals surface area contributed by atoms with Gasteiger partial charge in [-0.05, 0) is 19.3 Å². The quantitative estimate of drug-likeness (QED) is 0.661. The second-order valence-electron chi connectivity index (χ2n) is 4.88. The lowest BCUT2D eigenvalue weighted by atomic mass is 9.77. The molecule has 2 N–H and O–H groups in total. The lowest BCUT2D eigenvalue weighted by molar-refractivity contribution is -0.144.